The molecule has 0 aliphatic carbocycles. The van der Waals surface area contributed by atoms with E-state index in [4.69, 9.17) is 0 Å². The smallest absolute Gasteiger partial charge is 0.0237 e. The molecule has 0 aromatic carbocycles. The van der Waals surface area contributed by atoms with Crippen molar-refractivity contribution in [1.29, 1.82) is 0 Å². The van der Waals surface area contributed by atoms with E-state index in [1.165, 1.54) is 17.1 Å². The standard InChI is InChI=1S/C8H11BrS2/c1-2-7(9)5-11-8-3-4-10-6-8/h3-4,6-7H,2,5H2,1H3. The summed E-state index contributed by atoms with van der Waals surface area (Å²) < 4.78 is 0. The average molecular weight is 251 g/mol. The third kappa shape index (κ3) is 3.63. The predicted molar refractivity (Wildman–Crippen MR) is 58.0 cm³/mol. The lowest BCUT2D eigenvalue weighted by Crippen LogP contribution is -1.97. The number of thioether (sulfide) groups is 1. The molecule has 0 fully saturated rings. The van der Waals surface area contributed by atoms with Crippen LogP contribution in [-0.4, -0.2) is 10.6 Å². The molecule has 1 heterocycles. The summed E-state index contributed by atoms with van der Waals surface area (Å²) in [5, 5.41) is 4.32. The maximum absolute atomic E-state index is 3.61. The lowest BCUT2D eigenvalue weighted by atomic mass is 10.4. The van der Waals surface area contributed by atoms with Gasteiger partial charge in [-0.05, 0) is 17.9 Å². The van der Waals surface area contributed by atoms with Gasteiger partial charge in [-0.25, -0.2) is 0 Å². The second-order valence-corrected chi connectivity index (χ2v) is 5.44. The van der Waals surface area contributed by atoms with E-state index < -0.39 is 0 Å². The summed E-state index contributed by atoms with van der Waals surface area (Å²) >= 11 is 7.29. The van der Waals surface area contributed by atoms with Gasteiger partial charge in [0.25, 0.3) is 0 Å². The molecule has 62 valence electrons. The van der Waals surface area contributed by atoms with E-state index in [-0.39, 0.29) is 0 Å². The molecule has 1 rings (SSSR count). The highest BCUT2D eigenvalue weighted by atomic mass is 79.9. The van der Waals surface area contributed by atoms with Gasteiger partial charge in [-0.15, -0.1) is 11.8 Å². The Balaban J connectivity index is 2.23. The molecule has 0 saturated carbocycles. The number of hydrogen-bond acceptors (Lipinski definition) is 2. The van der Waals surface area contributed by atoms with Crippen molar-refractivity contribution in [1.82, 2.24) is 0 Å². The molecule has 0 radical (unpaired) electrons. The lowest BCUT2D eigenvalue weighted by Gasteiger charge is -2.03. The van der Waals surface area contributed by atoms with Crippen LogP contribution in [0.5, 0.6) is 0 Å². The van der Waals surface area contributed by atoms with E-state index in [0.29, 0.717) is 4.83 Å². The fourth-order valence-corrected chi connectivity index (χ4v) is 2.85. The maximum Gasteiger partial charge on any atom is 0.0237 e. The topological polar surface area (TPSA) is 0 Å². The van der Waals surface area contributed by atoms with Crippen molar-refractivity contribution in [2.75, 3.05) is 5.75 Å². The van der Waals surface area contributed by atoms with Gasteiger partial charge in [0.05, 0.1) is 0 Å². The van der Waals surface area contributed by atoms with E-state index in [1.807, 2.05) is 11.8 Å². The Morgan fingerprint density at radius 1 is 1.73 bits per heavy atom. The first-order valence-corrected chi connectivity index (χ1v) is 6.46. The zero-order chi connectivity index (χ0) is 8.10. The van der Waals surface area contributed by atoms with Crippen molar-refractivity contribution in [2.24, 2.45) is 0 Å². The van der Waals surface area contributed by atoms with Gasteiger partial charge in [-0.3, -0.25) is 0 Å². The van der Waals surface area contributed by atoms with Crippen molar-refractivity contribution in [2.45, 2.75) is 23.1 Å². The number of thiophene rings is 1. The largest absolute Gasteiger partial charge is 0.151 e. The second-order valence-electron chi connectivity index (χ2n) is 2.28. The summed E-state index contributed by atoms with van der Waals surface area (Å²) in [4.78, 5) is 2.06. The first kappa shape index (κ1) is 9.62. The molecular weight excluding hydrogens is 240 g/mol. The molecule has 0 aliphatic rings. The fourth-order valence-electron chi connectivity index (χ4n) is 0.639. The first-order chi connectivity index (χ1) is 5.33. The molecule has 0 amide bonds. The van der Waals surface area contributed by atoms with Gasteiger partial charge in [0.15, 0.2) is 0 Å². The van der Waals surface area contributed by atoms with Crippen LogP contribution in [0.1, 0.15) is 13.3 Å². The Morgan fingerprint density at radius 3 is 3.09 bits per heavy atom. The van der Waals surface area contributed by atoms with Crippen molar-refractivity contribution < 1.29 is 0 Å². The molecule has 0 N–H and O–H groups in total. The summed E-state index contributed by atoms with van der Waals surface area (Å²) in [6.07, 6.45) is 1.21. The van der Waals surface area contributed by atoms with Crippen LogP contribution in [-0.2, 0) is 0 Å². The highest BCUT2D eigenvalue weighted by Gasteiger charge is 2.01. The number of rotatable bonds is 4. The van der Waals surface area contributed by atoms with Crippen LogP contribution in [0.3, 0.4) is 0 Å². The molecule has 0 nitrogen and oxygen atoms in total. The van der Waals surface area contributed by atoms with Crippen LogP contribution in [0.15, 0.2) is 21.7 Å². The van der Waals surface area contributed by atoms with Crippen LogP contribution in [0.2, 0.25) is 0 Å². The molecule has 0 saturated heterocycles. The SMILES string of the molecule is CCC(Br)CSc1ccsc1. The molecule has 0 spiro atoms. The minimum absolute atomic E-state index is 0.660. The Bertz CT molecular complexity index is 184. The molecule has 0 aliphatic heterocycles. The maximum atomic E-state index is 3.61. The summed E-state index contributed by atoms with van der Waals surface area (Å²) in [5.41, 5.74) is 0. The lowest BCUT2D eigenvalue weighted by molar-refractivity contribution is 0.932. The van der Waals surface area contributed by atoms with E-state index >= 15 is 0 Å². The molecule has 1 aromatic heterocycles. The summed E-state index contributed by atoms with van der Waals surface area (Å²) in [6.45, 7) is 2.20. The minimum Gasteiger partial charge on any atom is -0.151 e. The van der Waals surface area contributed by atoms with Crippen LogP contribution in [0, 0.1) is 0 Å². The van der Waals surface area contributed by atoms with Crippen molar-refractivity contribution >= 4 is 39.0 Å². The summed E-state index contributed by atoms with van der Waals surface area (Å²) in [6, 6.07) is 2.17. The zero-order valence-corrected chi connectivity index (χ0v) is 9.64. The number of hydrogen-bond donors (Lipinski definition) is 0. The fraction of sp³-hybridized carbons (Fsp3) is 0.500. The zero-order valence-electron chi connectivity index (χ0n) is 6.42. The molecule has 1 unspecified atom stereocenters. The number of alkyl halides is 1. The molecular formula is C8H11BrS2. The third-order valence-electron chi connectivity index (χ3n) is 1.37. The van der Waals surface area contributed by atoms with Gasteiger partial charge < -0.3 is 0 Å². The predicted octanol–water partition coefficient (Wildman–Crippen LogP) is 4.01. The first-order valence-electron chi connectivity index (χ1n) is 3.62. The second kappa shape index (κ2) is 5.22. The Labute approximate surface area is 84.5 Å². The van der Waals surface area contributed by atoms with Crippen LogP contribution in [0.4, 0.5) is 0 Å². The van der Waals surface area contributed by atoms with E-state index in [1.54, 1.807) is 11.3 Å². The van der Waals surface area contributed by atoms with Crippen molar-refractivity contribution in [3.8, 4) is 0 Å². The normalized spacial score (nSPS) is 13.3. The summed E-state index contributed by atoms with van der Waals surface area (Å²) in [7, 11) is 0. The van der Waals surface area contributed by atoms with Crippen LogP contribution >= 0.6 is 39.0 Å². The van der Waals surface area contributed by atoms with Gasteiger partial charge in [0.2, 0.25) is 0 Å². The molecule has 1 atom stereocenters. The highest BCUT2D eigenvalue weighted by Crippen LogP contribution is 2.23. The molecule has 3 heteroatoms. The van der Waals surface area contributed by atoms with E-state index in [9.17, 15) is 0 Å². The van der Waals surface area contributed by atoms with Gasteiger partial charge in [0, 0.05) is 20.9 Å². The molecule has 1 aromatic rings. The molecule has 11 heavy (non-hydrogen) atoms. The average Bonchev–Trinajstić information content (AvgIpc) is 2.52. The van der Waals surface area contributed by atoms with E-state index in [2.05, 4.69) is 39.7 Å². The molecule has 0 bridgehead atoms. The number of halogens is 1. The van der Waals surface area contributed by atoms with Crippen molar-refractivity contribution in [3.63, 3.8) is 0 Å². The monoisotopic (exact) mass is 250 g/mol. The van der Waals surface area contributed by atoms with Gasteiger partial charge in [-0.1, -0.05) is 22.9 Å². The third-order valence-corrected chi connectivity index (χ3v) is 4.76. The Hall–Kier alpha value is 0.530. The van der Waals surface area contributed by atoms with Crippen LogP contribution in [0.25, 0.3) is 0 Å². The quantitative estimate of drug-likeness (QED) is 0.575. The van der Waals surface area contributed by atoms with Crippen molar-refractivity contribution in [3.05, 3.63) is 16.8 Å². The van der Waals surface area contributed by atoms with Gasteiger partial charge in [0.1, 0.15) is 0 Å². The van der Waals surface area contributed by atoms with Gasteiger partial charge >= 0.3 is 0 Å². The Morgan fingerprint density at radius 2 is 2.55 bits per heavy atom. The summed E-state index contributed by atoms with van der Waals surface area (Å²) in [5.74, 6) is 1.17. The Kier molecular flexibility index (Phi) is 4.57. The van der Waals surface area contributed by atoms with Gasteiger partial charge in [-0.2, -0.15) is 11.3 Å². The minimum atomic E-state index is 0.660. The van der Waals surface area contributed by atoms with Crippen LogP contribution < -0.4 is 0 Å². The highest BCUT2D eigenvalue weighted by molar-refractivity contribution is 9.09. The van der Waals surface area contributed by atoms with E-state index in [0.717, 1.165) is 0 Å².